The topological polar surface area (TPSA) is 42.4 Å². The van der Waals surface area contributed by atoms with E-state index in [1.807, 2.05) is 53.8 Å². The van der Waals surface area contributed by atoms with Crippen molar-refractivity contribution in [2.24, 2.45) is 0 Å². The van der Waals surface area contributed by atoms with Crippen molar-refractivity contribution in [3.8, 4) is 22.6 Å². The minimum Gasteiger partial charge on any atom is -0.456 e. The van der Waals surface area contributed by atoms with Crippen LogP contribution in [0.3, 0.4) is 0 Å². The molecule has 4 nitrogen and oxygen atoms in total. The van der Waals surface area contributed by atoms with Gasteiger partial charge in [-0.1, -0.05) is 78.9 Å². The van der Waals surface area contributed by atoms with Gasteiger partial charge in [-0.25, -0.2) is 4.98 Å². The lowest BCUT2D eigenvalue weighted by atomic mass is 10.0. The second kappa shape index (κ2) is 10.7. The number of thiophene rings is 1. The first kappa shape index (κ1) is 27.0. The quantitative estimate of drug-likeness (QED) is 0.189. The fourth-order valence-electron chi connectivity index (χ4n) is 6.82. The third-order valence-electron chi connectivity index (χ3n) is 9.11. The fraction of sp³-hybridized carbons (Fsp3) is 0. The number of hydrogen-bond donors (Lipinski definition) is 0. The van der Waals surface area contributed by atoms with Crippen molar-refractivity contribution in [1.82, 2.24) is 4.98 Å². The second-order valence-corrected chi connectivity index (χ2v) is 13.1. The van der Waals surface area contributed by atoms with Crippen molar-refractivity contribution in [3.05, 3.63) is 158 Å². The summed E-state index contributed by atoms with van der Waals surface area (Å²) < 4.78 is 15.1. The zero-order valence-corrected chi connectivity index (χ0v) is 26.4. The van der Waals surface area contributed by atoms with Crippen LogP contribution in [0.5, 0.6) is 0 Å². The van der Waals surface area contributed by atoms with E-state index in [9.17, 15) is 0 Å². The van der Waals surface area contributed by atoms with Crippen LogP contribution in [0.1, 0.15) is 0 Å². The standard InChI is InChI=1S/C43H26N2O2S/c1-3-9-28(10-4-1)43-44-42-37(47-43)24-23-36-41(42)35-21-17-29(25-38(35)46-36)27-15-18-31(19-16-27)45(30-11-5-2-6-12-30)32-20-22-34-33-13-7-8-14-39(33)48-40(34)26-32/h1-26H. The van der Waals surface area contributed by atoms with Crippen molar-refractivity contribution >= 4 is 81.6 Å². The summed E-state index contributed by atoms with van der Waals surface area (Å²) >= 11 is 1.84. The van der Waals surface area contributed by atoms with Crippen LogP contribution < -0.4 is 4.90 Å². The van der Waals surface area contributed by atoms with Crippen LogP contribution in [0.15, 0.2) is 167 Å². The number of anilines is 3. The molecule has 0 aliphatic rings. The molecule has 0 atom stereocenters. The summed E-state index contributed by atoms with van der Waals surface area (Å²) in [6, 6.07) is 55.1. The highest BCUT2D eigenvalue weighted by Gasteiger charge is 2.18. The Hall–Kier alpha value is -6.17. The molecule has 5 heteroatoms. The predicted molar refractivity (Wildman–Crippen MR) is 200 cm³/mol. The van der Waals surface area contributed by atoms with Gasteiger partial charge < -0.3 is 13.7 Å². The van der Waals surface area contributed by atoms with Gasteiger partial charge in [-0.2, -0.15) is 0 Å². The summed E-state index contributed by atoms with van der Waals surface area (Å²) in [6.45, 7) is 0. The number of oxazole rings is 1. The Labute approximate surface area is 279 Å². The molecule has 0 saturated heterocycles. The highest BCUT2D eigenvalue weighted by atomic mass is 32.1. The van der Waals surface area contributed by atoms with E-state index in [1.165, 1.54) is 20.2 Å². The third kappa shape index (κ3) is 4.33. The lowest BCUT2D eigenvalue weighted by Gasteiger charge is -2.25. The zero-order valence-electron chi connectivity index (χ0n) is 25.6. The zero-order chi connectivity index (χ0) is 31.6. The number of furan rings is 1. The third-order valence-corrected chi connectivity index (χ3v) is 10.2. The first-order valence-electron chi connectivity index (χ1n) is 15.9. The molecule has 0 spiro atoms. The van der Waals surface area contributed by atoms with Crippen molar-refractivity contribution in [2.45, 2.75) is 0 Å². The van der Waals surface area contributed by atoms with E-state index in [-0.39, 0.29) is 0 Å². The highest BCUT2D eigenvalue weighted by Crippen LogP contribution is 2.42. The van der Waals surface area contributed by atoms with E-state index in [0.717, 1.165) is 66.8 Å². The van der Waals surface area contributed by atoms with Gasteiger partial charge in [0.1, 0.15) is 16.7 Å². The molecule has 10 aromatic rings. The van der Waals surface area contributed by atoms with Crippen molar-refractivity contribution in [1.29, 1.82) is 0 Å². The van der Waals surface area contributed by atoms with Gasteiger partial charge in [0, 0.05) is 48.2 Å². The summed E-state index contributed by atoms with van der Waals surface area (Å²) in [4.78, 5) is 7.21. The molecule has 0 N–H and O–H groups in total. The number of rotatable bonds is 5. The predicted octanol–water partition coefficient (Wildman–Crippen LogP) is 12.9. The van der Waals surface area contributed by atoms with Crippen LogP contribution in [-0.4, -0.2) is 4.98 Å². The van der Waals surface area contributed by atoms with Gasteiger partial charge in [-0.05, 0) is 90.0 Å². The Bertz CT molecular complexity index is 2780. The average molecular weight is 635 g/mol. The van der Waals surface area contributed by atoms with Gasteiger partial charge in [-0.15, -0.1) is 11.3 Å². The largest absolute Gasteiger partial charge is 0.456 e. The second-order valence-electron chi connectivity index (χ2n) is 12.0. The molecule has 0 fully saturated rings. The van der Waals surface area contributed by atoms with Gasteiger partial charge in [0.2, 0.25) is 5.89 Å². The molecule has 0 radical (unpaired) electrons. The van der Waals surface area contributed by atoms with Gasteiger partial charge >= 0.3 is 0 Å². The average Bonchev–Trinajstić information content (AvgIpc) is 3.85. The number of nitrogens with zero attached hydrogens (tertiary/aromatic N) is 2. The van der Waals surface area contributed by atoms with Gasteiger partial charge in [0.25, 0.3) is 0 Å². The normalized spacial score (nSPS) is 11.8. The molecule has 3 aromatic heterocycles. The number of para-hydroxylation sites is 1. The van der Waals surface area contributed by atoms with Gasteiger partial charge in [-0.3, -0.25) is 0 Å². The van der Waals surface area contributed by atoms with E-state index in [1.54, 1.807) is 0 Å². The van der Waals surface area contributed by atoms with Gasteiger partial charge in [0.15, 0.2) is 5.58 Å². The van der Waals surface area contributed by atoms with Crippen LogP contribution >= 0.6 is 11.3 Å². The molecule has 0 amide bonds. The molecular weight excluding hydrogens is 609 g/mol. The lowest BCUT2D eigenvalue weighted by Crippen LogP contribution is -2.09. The van der Waals surface area contributed by atoms with E-state index >= 15 is 0 Å². The maximum atomic E-state index is 6.38. The monoisotopic (exact) mass is 634 g/mol. The lowest BCUT2D eigenvalue weighted by molar-refractivity contribution is 0.619. The Balaban J connectivity index is 1.03. The van der Waals surface area contributed by atoms with E-state index in [2.05, 4.69) is 120 Å². The molecule has 0 aliphatic carbocycles. The van der Waals surface area contributed by atoms with E-state index < -0.39 is 0 Å². The minimum atomic E-state index is 0.609. The minimum absolute atomic E-state index is 0.609. The van der Waals surface area contributed by atoms with Crippen molar-refractivity contribution in [3.63, 3.8) is 0 Å². The Morgan fingerprint density at radius 2 is 1.10 bits per heavy atom. The highest BCUT2D eigenvalue weighted by molar-refractivity contribution is 7.25. The van der Waals surface area contributed by atoms with Crippen molar-refractivity contribution in [2.75, 3.05) is 4.90 Å². The van der Waals surface area contributed by atoms with Crippen molar-refractivity contribution < 1.29 is 8.83 Å². The van der Waals surface area contributed by atoms with Crippen LogP contribution in [0.4, 0.5) is 17.1 Å². The number of fused-ring (bicyclic) bond motifs is 8. The maximum Gasteiger partial charge on any atom is 0.227 e. The Morgan fingerprint density at radius 1 is 0.438 bits per heavy atom. The first-order chi connectivity index (χ1) is 23.8. The molecule has 7 aromatic carbocycles. The summed E-state index contributed by atoms with van der Waals surface area (Å²) in [6.07, 6.45) is 0. The fourth-order valence-corrected chi connectivity index (χ4v) is 7.96. The molecule has 0 aliphatic heterocycles. The summed E-state index contributed by atoms with van der Waals surface area (Å²) in [5.41, 5.74) is 9.69. The first-order valence-corrected chi connectivity index (χ1v) is 16.8. The smallest absolute Gasteiger partial charge is 0.227 e. The molecule has 0 saturated carbocycles. The number of aromatic nitrogens is 1. The van der Waals surface area contributed by atoms with Gasteiger partial charge in [0.05, 0.1) is 5.39 Å². The summed E-state index contributed by atoms with van der Waals surface area (Å²) in [7, 11) is 0. The molecule has 0 unspecified atom stereocenters. The Morgan fingerprint density at radius 3 is 1.96 bits per heavy atom. The molecule has 48 heavy (non-hydrogen) atoms. The number of hydrogen-bond acceptors (Lipinski definition) is 5. The molecule has 10 rings (SSSR count). The molecule has 226 valence electrons. The summed E-state index contributed by atoms with van der Waals surface area (Å²) in [5, 5.41) is 4.60. The van der Waals surface area contributed by atoms with Crippen LogP contribution in [0, 0.1) is 0 Å². The molecular formula is C43H26N2O2S. The summed E-state index contributed by atoms with van der Waals surface area (Å²) in [5.74, 6) is 0.609. The molecule has 3 heterocycles. The van der Waals surface area contributed by atoms with Crippen LogP contribution in [0.2, 0.25) is 0 Å². The molecule has 0 bridgehead atoms. The SMILES string of the molecule is c1ccc(-c2nc3c(ccc4oc5cc(-c6ccc(N(c7ccccc7)c7ccc8c(c7)sc7ccccc78)cc6)ccc5c43)o2)cc1. The Kier molecular flexibility index (Phi) is 6.01. The van der Waals surface area contributed by atoms with Crippen LogP contribution in [0.25, 0.3) is 75.8 Å². The van der Waals surface area contributed by atoms with E-state index in [0.29, 0.717) is 5.89 Å². The maximum absolute atomic E-state index is 6.38. The number of benzene rings is 7. The van der Waals surface area contributed by atoms with Crippen LogP contribution in [-0.2, 0) is 0 Å². The van der Waals surface area contributed by atoms with E-state index in [4.69, 9.17) is 13.8 Å².